The van der Waals surface area contributed by atoms with Gasteiger partial charge in [0.1, 0.15) is 0 Å². The Morgan fingerprint density at radius 2 is 2.22 bits per heavy atom. The molecule has 2 heteroatoms. The van der Waals surface area contributed by atoms with Gasteiger partial charge in [0.05, 0.1) is 0 Å². The first kappa shape index (κ1) is 6.62. The molecule has 0 bridgehead atoms. The highest BCUT2D eigenvalue weighted by Gasteiger charge is 2.03. The SMILES string of the molecule is CN(C)N1C=CCCC1. The van der Waals surface area contributed by atoms with Crippen molar-refractivity contribution >= 4 is 0 Å². The maximum atomic E-state index is 2.21. The van der Waals surface area contributed by atoms with Gasteiger partial charge in [-0.15, -0.1) is 0 Å². The summed E-state index contributed by atoms with van der Waals surface area (Å²) in [6.07, 6.45) is 6.88. The zero-order valence-corrected chi connectivity index (χ0v) is 6.17. The van der Waals surface area contributed by atoms with Gasteiger partial charge >= 0.3 is 0 Å². The van der Waals surface area contributed by atoms with Crippen LogP contribution in [-0.4, -0.2) is 30.7 Å². The van der Waals surface area contributed by atoms with E-state index in [4.69, 9.17) is 0 Å². The van der Waals surface area contributed by atoms with Crippen LogP contribution in [0.5, 0.6) is 0 Å². The highest BCUT2D eigenvalue weighted by molar-refractivity contribution is 4.85. The average Bonchev–Trinajstić information content (AvgIpc) is 1.90. The van der Waals surface area contributed by atoms with Crippen molar-refractivity contribution in [2.45, 2.75) is 12.8 Å². The first-order valence-electron chi connectivity index (χ1n) is 3.41. The van der Waals surface area contributed by atoms with Gasteiger partial charge < -0.3 is 5.01 Å². The fourth-order valence-electron chi connectivity index (χ4n) is 0.975. The highest BCUT2D eigenvalue weighted by atomic mass is 15.6. The Bertz CT molecular complexity index is 107. The lowest BCUT2D eigenvalue weighted by Crippen LogP contribution is -2.34. The van der Waals surface area contributed by atoms with Crippen LogP contribution in [0.25, 0.3) is 0 Å². The van der Waals surface area contributed by atoms with E-state index in [-0.39, 0.29) is 0 Å². The standard InChI is InChI=1S/C7H14N2/c1-8(2)9-6-4-3-5-7-9/h4,6H,3,5,7H2,1-2H3. The molecule has 1 aliphatic heterocycles. The molecule has 0 atom stereocenters. The van der Waals surface area contributed by atoms with Crippen molar-refractivity contribution in [3.63, 3.8) is 0 Å². The van der Waals surface area contributed by atoms with Gasteiger partial charge in [0.15, 0.2) is 0 Å². The Kier molecular flexibility index (Phi) is 2.11. The summed E-state index contributed by atoms with van der Waals surface area (Å²) in [5.74, 6) is 0. The largest absolute Gasteiger partial charge is 0.314 e. The maximum Gasteiger partial charge on any atom is 0.0342 e. The second-order valence-electron chi connectivity index (χ2n) is 2.54. The normalized spacial score (nSPS) is 19.2. The van der Waals surface area contributed by atoms with E-state index >= 15 is 0 Å². The van der Waals surface area contributed by atoms with E-state index in [0.717, 1.165) is 0 Å². The fraction of sp³-hybridized carbons (Fsp3) is 0.714. The molecule has 0 fully saturated rings. The molecule has 0 radical (unpaired) electrons. The van der Waals surface area contributed by atoms with Gasteiger partial charge in [-0.05, 0) is 12.8 Å². The lowest BCUT2D eigenvalue weighted by Gasteiger charge is -2.29. The lowest BCUT2D eigenvalue weighted by atomic mass is 10.2. The molecule has 0 saturated heterocycles. The van der Waals surface area contributed by atoms with E-state index in [1.807, 2.05) is 0 Å². The van der Waals surface area contributed by atoms with Crippen LogP contribution < -0.4 is 0 Å². The Balaban J connectivity index is 2.40. The zero-order valence-electron chi connectivity index (χ0n) is 6.17. The average molecular weight is 126 g/mol. The van der Waals surface area contributed by atoms with Gasteiger partial charge in [-0.3, -0.25) is 0 Å². The molecule has 0 N–H and O–H groups in total. The summed E-state index contributed by atoms with van der Waals surface area (Å²) in [4.78, 5) is 0. The minimum absolute atomic E-state index is 1.17. The van der Waals surface area contributed by atoms with E-state index in [1.54, 1.807) is 0 Å². The number of hydrazine groups is 1. The van der Waals surface area contributed by atoms with Crippen molar-refractivity contribution in [2.24, 2.45) is 0 Å². The van der Waals surface area contributed by atoms with E-state index in [1.165, 1.54) is 19.4 Å². The first-order valence-corrected chi connectivity index (χ1v) is 3.41. The van der Waals surface area contributed by atoms with Crippen LogP contribution in [0, 0.1) is 0 Å². The van der Waals surface area contributed by atoms with E-state index in [2.05, 4.69) is 36.4 Å². The number of hydrogen-bond acceptors (Lipinski definition) is 2. The van der Waals surface area contributed by atoms with Crippen molar-refractivity contribution in [3.8, 4) is 0 Å². The zero-order chi connectivity index (χ0) is 6.69. The summed E-state index contributed by atoms with van der Waals surface area (Å²) in [6, 6.07) is 0. The van der Waals surface area contributed by atoms with E-state index < -0.39 is 0 Å². The minimum Gasteiger partial charge on any atom is -0.314 e. The summed E-state index contributed by atoms with van der Waals surface area (Å²) in [7, 11) is 4.13. The van der Waals surface area contributed by atoms with Crippen LogP contribution in [0.1, 0.15) is 12.8 Å². The van der Waals surface area contributed by atoms with Gasteiger partial charge in [-0.2, -0.15) is 0 Å². The molecular weight excluding hydrogens is 112 g/mol. The summed E-state index contributed by atoms with van der Waals surface area (Å²) >= 11 is 0. The van der Waals surface area contributed by atoms with Crippen LogP contribution in [0.15, 0.2) is 12.3 Å². The summed E-state index contributed by atoms with van der Waals surface area (Å²) in [6.45, 7) is 1.17. The molecule has 0 aromatic carbocycles. The van der Waals surface area contributed by atoms with Crippen molar-refractivity contribution in [2.75, 3.05) is 20.6 Å². The third-order valence-electron chi connectivity index (χ3n) is 1.55. The van der Waals surface area contributed by atoms with Crippen molar-refractivity contribution in [1.82, 2.24) is 10.0 Å². The summed E-state index contributed by atoms with van der Waals surface area (Å²) in [5.41, 5.74) is 0. The molecule has 0 unspecified atom stereocenters. The summed E-state index contributed by atoms with van der Waals surface area (Å²) in [5, 5.41) is 4.32. The van der Waals surface area contributed by atoms with Crippen LogP contribution in [-0.2, 0) is 0 Å². The number of allylic oxidation sites excluding steroid dienone is 1. The van der Waals surface area contributed by atoms with Gasteiger partial charge in [-0.25, -0.2) is 5.01 Å². The Hall–Kier alpha value is -0.500. The van der Waals surface area contributed by atoms with Gasteiger partial charge in [0.25, 0.3) is 0 Å². The Morgan fingerprint density at radius 1 is 1.44 bits per heavy atom. The molecule has 9 heavy (non-hydrogen) atoms. The fourth-order valence-corrected chi connectivity index (χ4v) is 0.975. The van der Waals surface area contributed by atoms with Gasteiger partial charge in [-0.1, -0.05) is 6.08 Å². The van der Waals surface area contributed by atoms with Gasteiger partial charge in [0.2, 0.25) is 0 Å². The molecule has 0 saturated carbocycles. The Morgan fingerprint density at radius 3 is 2.56 bits per heavy atom. The van der Waals surface area contributed by atoms with Crippen LogP contribution in [0.4, 0.5) is 0 Å². The molecule has 2 nitrogen and oxygen atoms in total. The van der Waals surface area contributed by atoms with Crippen LogP contribution >= 0.6 is 0 Å². The van der Waals surface area contributed by atoms with Crippen molar-refractivity contribution < 1.29 is 0 Å². The predicted octanol–water partition coefficient (Wildman–Crippen LogP) is 1.07. The molecular formula is C7H14N2. The molecule has 0 aliphatic carbocycles. The van der Waals surface area contributed by atoms with Crippen LogP contribution in [0.3, 0.4) is 0 Å². The minimum atomic E-state index is 1.17. The predicted molar refractivity (Wildman–Crippen MR) is 38.8 cm³/mol. The topological polar surface area (TPSA) is 6.48 Å². The van der Waals surface area contributed by atoms with E-state index in [9.17, 15) is 0 Å². The summed E-state index contributed by atoms with van der Waals surface area (Å²) < 4.78 is 0. The Labute approximate surface area is 56.7 Å². The third kappa shape index (κ3) is 1.72. The molecule has 0 amide bonds. The number of hydrogen-bond donors (Lipinski definition) is 0. The monoisotopic (exact) mass is 126 g/mol. The molecule has 0 aromatic heterocycles. The second-order valence-corrected chi connectivity index (χ2v) is 2.54. The second kappa shape index (κ2) is 2.87. The molecule has 1 rings (SSSR count). The smallest absolute Gasteiger partial charge is 0.0342 e. The molecule has 0 aromatic rings. The maximum absolute atomic E-state index is 2.21. The number of rotatable bonds is 1. The molecule has 0 spiro atoms. The number of nitrogens with zero attached hydrogens (tertiary/aromatic N) is 2. The molecule has 1 aliphatic rings. The quantitative estimate of drug-likeness (QED) is 0.518. The first-order chi connectivity index (χ1) is 4.30. The van der Waals surface area contributed by atoms with Gasteiger partial charge in [0, 0.05) is 26.8 Å². The lowest BCUT2D eigenvalue weighted by molar-refractivity contribution is 0.0758. The van der Waals surface area contributed by atoms with E-state index in [0.29, 0.717) is 0 Å². The van der Waals surface area contributed by atoms with Crippen molar-refractivity contribution in [1.29, 1.82) is 0 Å². The molecule has 1 heterocycles. The highest BCUT2D eigenvalue weighted by Crippen LogP contribution is 2.05. The van der Waals surface area contributed by atoms with Crippen LogP contribution in [0.2, 0.25) is 0 Å². The molecule has 52 valence electrons. The third-order valence-corrected chi connectivity index (χ3v) is 1.55. The van der Waals surface area contributed by atoms with Crippen molar-refractivity contribution in [3.05, 3.63) is 12.3 Å².